The van der Waals surface area contributed by atoms with E-state index < -0.39 is 0 Å². The quantitative estimate of drug-likeness (QED) is 0.516. The van der Waals surface area contributed by atoms with Crippen LogP contribution in [0.25, 0.3) is 0 Å². The van der Waals surface area contributed by atoms with Crippen LogP contribution >= 0.6 is 0 Å². The Labute approximate surface area is 92.8 Å². The van der Waals surface area contributed by atoms with Gasteiger partial charge in [0.2, 0.25) is 0 Å². The van der Waals surface area contributed by atoms with E-state index in [1.165, 1.54) is 58.2 Å². The minimum atomic E-state index is 0. The lowest BCUT2D eigenvalue weighted by Gasteiger charge is -2.21. The first-order chi connectivity index (χ1) is 6.35. The van der Waals surface area contributed by atoms with Crippen molar-refractivity contribution in [2.24, 2.45) is 0 Å². The lowest BCUT2D eigenvalue weighted by atomic mass is 10.2. The highest BCUT2D eigenvalue weighted by Gasteiger charge is 2.01. The maximum Gasteiger partial charge on any atom is 0.0814 e. The molecule has 0 fully saturated rings. The summed E-state index contributed by atoms with van der Waals surface area (Å²) in [6, 6.07) is 0. The Hall–Kier alpha value is 0.0249. The van der Waals surface area contributed by atoms with E-state index >= 15 is 0 Å². The molecule has 1 nitrogen and oxygen atoms in total. The molecule has 14 heavy (non-hydrogen) atoms. The number of hydrogen-bond donors (Lipinski definition) is 0. The van der Waals surface area contributed by atoms with E-state index in [1.54, 1.807) is 0 Å². The van der Waals surface area contributed by atoms with Crippen LogP contribution in [0, 0.1) is 0 Å². The molecule has 0 amide bonds. The van der Waals surface area contributed by atoms with Crippen LogP contribution < -0.4 is 0 Å². The average Bonchev–Trinajstić information content (AvgIpc) is 2.17. The summed E-state index contributed by atoms with van der Waals surface area (Å²) in [7, 11) is 0. The summed E-state index contributed by atoms with van der Waals surface area (Å²) >= 11 is 0. The van der Waals surface area contributed by atoms with Crippen LogP contribution in [0.4, 0.5) is 0 Å². The Morgan fingerprint density at radius 2 is 0.929 bits per heavy atom. The van der Waals surface area contributed by atoms with Crippen LogP contribution in [0.3, 0.4) is 0 Å². The lowest BCUT2D eigenvalue weighted by Crippen LogP contribution is -2.27. The van der Waals surface area contributed by atoms with Crippen LogP contribution in [0.1, 0.15) is 59.3 Å². The van der Waals surface area contributed by atoms with Crippen molar-refractivity contribution >= 4 is 8.41 Å². The summed E-state index contributed by atoms with van der Waals surface area (Å²) in [5, 5.41) is 0. The fourth-order valence-corrected chi connectivity index (χ4v) is 1.48. The van der Waals surface area contributed by atoms with Gasteiger partial charge in [0, 0.05) is 0 Å². The Morgan fingerprint density at radius 3 is 1.14 bits per heavy atom. The fraction of sp³-hybridized carbons (Fsp3) is 1.00. The summed E-state index contributed by atoms with van der Waals surface area (Å²) in [6.07, 6.45) is 8.09. The molecule has 0 bridgehead atoms. The highest BCUT2D eigenvalue weighted by molar-refractivity contribution is 5.75. The molecule has 0 aliphatic heterocycles. The van der Waals surface area contributed by atoms with E-state index in [2.05, 4.69) is 25.7 Å². The first-order valence-corrected chi connectivity index (χ1v) is 6.07. The molecule has 0 spiro atoms. The first-order valence-electron chi connectivity index (χ1n) is 6.07. The highest BCUT2D eigenvalue weighted by atomic mass is 15.1. The Morgan fingerprint density at radius 1 is 0.643 bits per heavy atom. The monoisotopic (exact) mass is 199 g/mol. The van der Waals surface area contributed by atoms with E-state index in [-0.39, 0.29) is 8.41 Å². The minimum Gasteiger partial charge on any atom is -0.303 e. The third-order valence-corrected chi connectivity index (χ3v) is 2.48. The molecule has 0 unspecified atom stereocenters. The second-order valence-corrected chi connectivity index (χ2v) is 3.90. The molecule has 0 heterocycles. The fourth-order valence-electron chi connectivity index (χ4n) is 1.48. The molecular formula is C12H30BN. The predicted octanol–water partition coefficient (Wildman–Crippen LogP) is 2.50. The molecule has 0 radical (unpaired) electrons. The lowest BCUT2D eigenvalue weighted by molar-refractivity contribution is 0.261. The SMILES string of the molecule is B.CCCCN(CCCC)CCCC. The molecule has 0 saturated heterocycles. The molecule has 2 heteroatoms. The van der Waals surface area contributed by atoms with Gasteiger partial charge in [0.05, 0.1) is 8.41 Å². The highest BCUT2D eigenvalue weighted by Crippen LogP contribution is 2.01. The van der Waals surface area contributed by atoms with Gasteiger partial charge in [-0.3, -0.25) is 0 Å². The van der Waals surface area contributed by atoms with Gasteiger partial charge in [0.1, 0.15) is 0 Å². The third kappa shape index (κ3) is 10.1. The van der Waals surface area contributed by atoms with Crippen LogP contribution in [0.15, 0.2) is 0 Å². The van der Waals surface area contributed by atoms with Crippen molar-refractivity contribution < 1.29 is 0 Å². The molecule has 86 valence electrons. The second-order valence-electron chi connectivity index (χ2n) is 3.90. The molecule has 0 aliphatic rings. The molecule has 0 atom stereocenters. The summed E-state index contributed by atoms with van der Waals surface area (Å²) in [4.78, 5) is 2.64. The van der Waals surface area contributed by atoms with E-state index in [1.807, 2.05) is 0 Å². The second kappa shape index (κ2) is 13.0. The molecule has 0 aromatic rings. The van der Waals surface area contributed by atoms with Gasteiger partial charge in [0.25, 0.3) is 0 Å². The van der Waals surface area contributed by atoms with E-state index in [0.717, 1.165) is 0 Å². The van der Waals surface area contributed by atoms with E-state index in [9.17, 15) is 0 Å². The summed E-state index contributed by atoms with van der Waals surface area (Å²) in [6.45, 7) is 10.8. The standard InChI is InChI=1S/C12H27N.BH3/c1-4-7-10-13(11-8-5-2)12-9-6-3;/h4-12H2,1-3H3;1H3. The van der Waals surface area contributed by atoms with Crippen molar-refractivity contribution in [1.82, 2.24) is 4.90 Å². The molecule has 0 saturated carbocycles. The molecular weight excluding hydrogens is 169 g/mol. The average molecular weight is 199 g/mol. The van der Waals surface area contributed by atoms with Gasteiger partial charge in [-0.1, -0.05) is 40.0 Å². The maximum atomic E-state index is 2.64. The van der Waals surface area contributed by atoms with Crippen molar-refractivity contribution in [3.63, 3.8) is 0 Å². The largest absolute Gasteiger partial charge is 0.303 e. The van der Waals surface area contributed by atoms with Crippen molar-refractivity contribution in [1.29, 1.82) is 0 Å². The number of nitrogens with zero attached hydrogens (tertiary/aromatic N) is 1. The van der Waals surface area contributed by atoms with Crippen molar-refractivity contribution in [2.45, 2.75) is 59.3 Å². The molecule has 0 aromatic heterocycles. The number of rotatable bonds is 9. The van der Waals surface area contributed by atoms with Gasteiger partial charge in [-0.15, -0.1) is 0 Å². The van der Waals surface area contributed by atoms with Crippen LogP contribution in [-0.2, 0) is 0 Å². The first kappa shape index (κ1) is 16.5. The Balaban J connectivity index is 0. The van der Waals surface area contributed by atoms with Crippen LogP contribution in [0.2, 0.25) is 0 Å². The molecule has 0 aromatic carbocycles. The zero-order valence-electron chi connectivity index (χ0n) is 9.81. The summed E-state index contributed by atoms with van der Waals surface area (Å²) in [5.74, 6) is 0. The molecule has 0 aliphatic carbocycles. The van der Waals surface area contributed by atoms with Crippen LogP contribution in [-0.4, -0.2) is 32.9 Å². The van der Waals surface area contributed by atoms with Crippen molar-refractivity contribution in [3.8, 4) is 0 Å². The maximum absolute atomic E-state index is 2.64. The van der Waals surface area contributed by atoms with E-state index in [4.69, 9.17) is 0 Å². The predicted molar refractivity (Wildman–Crippen MR) is 71.1 cm³/mol. The minimum absolute atomic E-state index is 0. The van der Waals surface area contributed by atoms with Crippen molar-refractivity contribution in [2.75, 3.05) is 19.6 Å². The summed E-state index contributed by atoms with van der Waals surface area (Å²) in [5.41, 5.74) is 0. The Kier molecular flexibility index (Phi) is 15.3. The summed E-state index contributed by atoms with van der Waals surface area (Å²) < 4.78 is 0. The zero-order chi connectivity index (χ0) is 9.94. The number of hydrogen-bond acceptors (Lipinski definition) is 1. The Bertz CT molecular complexity index is 77.3. The third-order valence-electron chi connectivity index (χ3n) is 2.48. The topological polar surface area (TPSA) is 3.24 Å². The van der Waals surface area contributed by atoms with Gasteiger partial charge < -0.3 is 4.90 Å². The van der Waals surface area contributed by atoms with Crippen molar-refractivity contribution in [3.05, 3.63) is 0 Å². The number of unbranched alkanes of at least 4 members (excludes halogenated alkanes) is 3. The van der Waals surface area contributed by atoms with Gasteiger partial charge in [-0.05, 0) is 38.9 Å². The molecule has 0 rings (SSSR count). The van der Waals surface area contributed by atoms with Gasteiger partial charge in [-0.25, -0.2) is 0 Å². The van der Waals surface area contributed by atoms with Gasteiger partial charge in [-0.2, -0.15) is 0 Å². The smallest absolute Gasteiger partial charge is 0.0814 e. The normalized spacial score (nSPS) is 10.3. The van der Waals surface area contributed by atoms with Gasteiger partial charge in [0.15, 0.2) is 0 Å². The van der Waals surface area contributed by atoms with Crippen LogP contribution in [0.5, 0.6) is 0 Å². The zero-order valence-corrected chi connectivity index (χ0v) is 9.81. The van der Waals surface area contributed by atoms with Gasteiger partial charge >= 0.3 is 0 Å². The molecule has 0 N–H and O–H groups in total. The van der Waals surface area contributed by atoms with E-state index in [0.29, 0.717) is 0 Å².